The van der Waals surface area contributed by atoms with E-state index < -0.39 is 0 Å². The third-order valence-electron chi connectivity index (χ3n) is 6.37. The Kier molecular flexibility index (Phi) is 5.11. The molecule has 1 aliphatic heterocycles. The van der Waals surface area contributed by atoms with E-state index in [0.29, 0.717) is 30.0 Å². The molecule has 1 aliphatic rings. The van der Waals surface area contributed by atoms with Gasteiger partial charge >= 0.3 is 0 Å². The summed E-state index contributed by atoms with van der Waals surface area (Å²) in [5, 5.41) is 1.10. The van der Waals surface area contributed by atoms with Crippen LogP contribution < -0.4 is 16.2 Å². The molecule has 0 radical (unpaired) electrons. The number of nitrogens with zero attached hydrogens (tertiary/aromatic N) is 4. The van der Waals surface area contributed by atoms with Crippen molar-refractivity contribution in [2.45, 2.75) is 25.6 Å². The minimum Gasteiger partial charge on any atom is -0.494 e. The number of carbonyl (C=O) groups is 1. The molecule has 0 spiro atoms. The maximum Gasteiger partial charge on any atom is 0.254 e. The van der Waals surface area contributed by atoms with Gasteiger partial charge in [-0.15, -0.1) is 0 Å². The lowest BCUT2D eigenvalue weighted by Gasteiger charge is -2.30. The van der Waals surface area contributed by atoms with E-state index in [2.05, 4.69) is 18.2 Å². The minimum atomic E-state index is -0.0383. The fourth-order valence-corrected chi connectivity index (χ4v) is 4.79. The van der Waals surface area contributed by atoms with E-state index in [1.54, 1.807) is 13.2 Å². The number of carbonyl (C=O) groups excluding carboxylic acids is 1. The van der Waals surface area contributed by atoms with Gasteiger partial charge in [0.25, 0.3) is 5.91 Å². The minimum absolute atomic E-state index is 0.0259. The Morgan fingerprint density at radius 2 is 2.06 bits per heavy atom. The van der Waals surface area contributed by atoms with Gasteiger partial charge in [0, 0.05) is 42.6 Å². The summed E-state index contributed by atoms with van der Waals surface area (Å²) in [4.78, 5) is 19.9. The topological polar surface area (TPSA) is 104 Å². The highest BCUT2D eigenvalue weighted by molar-refractivity contribution is 6.00. The Morgan fingerprint density at radius 1 is 1.25 bits per heavy atom. The van der Waals surface area contributed by atoms with Crippen LogP contribution in [0.2, 0.25) is 0 Å². The van der Waals surface area contributed by atoms with E-state index in [9.17, 15) is 4.79 Å². The zero-order valence-corrected chi connectivity index (χ0v) is 18.4. The molecule has 5 rings (SSSR count). The van der Waals surface area contributed by atoms with Crippen molar-refractivity contribution in [3.63, 3.8) is 0 Å². The SMILES string of the molecule is COc1cc(C(=O)N2CCC[C@@H](N)C2)cc2nc(-c3cc4ccccc4n3CN)n(C)c12. The van der Waals surface area contributed by atoms with E-state index in [0.717, 1.165) is 47.3 Å². The number of piperidine rings is 1. The van der Waals surface area contributed by atoms with E-state index in [4.69, 9.17) is 21.2 Å². The average molecular weight is 433 g/mol. The third-order valence-corrected chi connectivity index (χ3v) is 6.37. The summed E-state index contributed by atoms with van der Waals surface area (Å²) < 4.78 is 9.73. The quantitative estimate of drug-likeness (QED) is 0.516. The molecule has 32 heavy (non-hydrogen) atoms. The third kappa shape index (κ3) is 3.23. The van der Waals surface area contributed by atoms with Crippen LogP contribution in [0.15, 0.2) is 42.5 Å². The van der Waals surface area contributed by atoms with Gasteiger partial charge in [-0.05, 0) is 37.1 Å². The lowest BCUT2D eigenvalue weighted by molar-refractivity contribution is 0.0708. The molecule has 4 aromatic rings. The molecule has 0 bridgehead atoms. The summed E-state index contributed by atoms with van der Waals surface area (Å²) in [5.41, 5.74) is 16.3. The normalized spacial score (nSPS) is 16.8. The summed E-state index contributed by atoms with van der Waals surface area (Å²) >= 11 is 0. The monoisotopic (exact) mass is 432 g/mol. The molecule has 0 unspecified atom stereocenters. The first kappa shape index (κ1) is 20.5. The van der Waals surface area contributed by atoms with Crippen LogP contribution in [0, 0.1) is 0 Å². The van der Waals surface area contributed by atoms with Crippen molar-refractivity contribution in [3.8, 4) is 17.3 Å². The fraction of sp³-hybridized carbons (Fsp3) is 0.333. The molecule has 8 nitrogen and oxygen atoms in total. The predicted octanol–water partition coefficient (Wildman–Crippen LogP) is 2.68. The highest BCUT2D eigenvalue weighted by Gasteiger charge is 2.25. The predicted molar refractivity (Wildman–Crippen MR) is 125 cm³/mol. The first-order valence-electron chi connectivity index (χ1n) is 10.9. The molecule has 1 fully saturated rings. The maximum atomic E-state index is 13.2. The molecule has 1 saturated heterocycles. The van der Waals surface area contributed by atoms with Crippen LogP contribution in [0.4, 0.5) is 0 Å². The maximum absolute atomic E-state index is 13.2. The van der Waals surface area contributed by atoms with Crippen molar-refractivity contribution < 1.29 is 9.53 Å². The van der Waals surface area contributed by atoms with Gasteiger partial charge in [0.15, 0.2) is 5.82 Å². The van der Waals surface area contributed by atoms with E-state index >= 15 is 0 Å². The van der Waals surface area contributed by atoms with E-state index in [-0.39, 0.29) is 11.9 Å². The Hall–Kier alpha value is -3.36. The number of aromatic nitrogens is 3. The van der Waals surface area contributed by atoms with Crippen molar-refractivity contribution in [2.24, 2.45) is 18.5 Å². The second kappa shape index (κ2) is 7.96. The first-order valence-corrected chi connectivity index (χ1v) is 10.9. The summed E-state index contributed by atoms with van der Waals surface area (Å²) in [6.45, 7) is 1.63. The van der Waals surface area contributed by atoms with Crippen molar-refractivity contribution in [2.75, 3.05) is 20.2 Å². The second-order valence-corrected chi connectivity index (χ2v) is 8.39. The molecule has 1 amide bonds. The summed E-state index contributed by atoms with van der Waals surface area (Å²) in [5.74, 6) is 1.34. The number of likely N-dealkylation sites (tertiary alicyclic amines) is 1. The van der Waals surface area contributed by atoms with Gasteiger partial charge in [-0.3, -0.25) is 4.79 Å². The largest absolute Gasteiger partial charge is 0.494 e. The van der Waals surface area contributed by atoms with Crippen LogP contribution in [0.3, 0.4) is 0 Å². The van der Waals surface area contributed by atoms with Gasteiger partial charge in [0.1, 0.15) is 11.3 Å². The number of rotatable bonds is 4. The van der Waals surface area contributed by atoms with Crippen molar-refractivity contribution >= 4 is 27.8 Å². The van der Waals surface area contributed by atoms with Gasteiger partial charge in [-0.25, -0.2) is 4.98 Å². The molecule has 3 heterocycles. The number of hydrogen-bond acceptors (Lipinski definition) is 5. The van der Waals surface area contributed by atoms with Gasteiger partial charge in [-0.2, -0.15) is 0 Å². The zero-order valence-electron chi connectivity index (χ0n) is 18.4. The van der Waals surface area contributed by atoms with Crippen molar-refractivity contribution in [3.05, 3.63) is 48.0 Å². The van der Waals surface area contributed by atoms with Gasteiger partial charge in [-0.1, -0.05) is 18.2 Å². The zero-order chi connectivity index (χ0) is 22.4. The number of imidazole rings is 1. The number of ether oxygens (including phenoxy) is 1. The van der Waals surface area contributed by atoms with Crippen LogP contribution in [0.5, 0.6) is 5.75 Å². The molecule has 0 saturated carbocycles. The molecule has 4 N–H and O–H groups in total. The molecule has 2 aromatic heterocycles. The number of aryl methyl sites for hydroxylation is 1. The summed E-state index contributed by atoms with van der Waals surface area (Å²) in [6, 6.07) is 13.9. The Morgan fingerprint density at radius 3 is 2.81 bits per heavy atom. The molecular formula is C24H28N6O2. The highest BCUT2D eigenvalue weighted by Crippen LogP contribution is 2.34. The Balaban J connectivity index is 1.64. The summed E-state index contributed by atoms with van der Waals surface area (Å²) in [6.07, 6.45) is 1.87. The first-order chi connectivity index (χ1) is 15.5. The van der Waals surface area contributed by atoms with E-state index in [1.807, 2.05) is 39.3 Å². The van der Waals surface area contributed by atoms with Crippen LogP contribution in [-0.2, 0) is 13.7 Å². The van der Waals surface area contributed by atoms with Gasteiger partial charge in [0.2, 0.25) is 0 Å². The van der Waals surface area contributed by atoms with Gasteiger partial charge < -0.3 is 30.2 Å². The number of nitrogens with two attached hydrogens (primary N) is 2. The van der Waals surface area contributed by atoms with Gasteiger partial charge in [0.05, 0.1) is 25.0 Å². The molecule has 1 atom stereocenters. The number of fused-ring (bicyclic) bond motifs is 2. The van der Waals surface area contributed by atoms with Crippen molar-refractivity contribution in [1.82, 2.24) is 19.0 Å². The highest BCUT2D eigenvalue weighted by atomic mass is 16.5. The second-order valence-electron chi connectivity index (χ2n) is 8.39. The number of amides is 1. The van der Waals surface area contributed by atoms with E-state index in [1.165, 1.54) is 0 Å². The number of benzene rings is 2. The Bertz CT molecular complexity index is 1320. The van der Waals surface area contributed by atoms with Crippen molar-refractivity contribution in [1.29, 1.82) is 0 Å². The molecule has 2 aromatic carbocycles. The summed E-state index contributed by atoms with van der Waals surface area (Å²) in [7, 11) is 3.57. The number of para-hydroxylation sites is 1. The smallest absolute Gasteiger partial charge is 0.254 e. The lowest BCUT2D eigenvalue weighted by Crippen LogP contribution is -2.45. The molecule has 166 valence electrons. The molecule has 0 aliphatic carbocycles. The van der Waals surface area contributed by atoms with Crippen LogP contribution in [0.25, 0.3) is 33.5 Å². The lowest BCUT2D eigenvalue weighted by atomic mass is 10.0. The fourth-order valence-electron chi connectivity index (χ4n) is 4.79. The van der Waals surface area contributed by atoms with Crippen LogP contribution in [-0.4, -0.2) is 51.2 Å². The number of methoxy groups -OCH3 is 1. The molecular weight excluding hydrogens is 404 g/mol. The number of hydrogen-bond donors (Lipinski definition) is 2. The average Bonchev–Trinajstić information content (AvgIpc) is 3.35. The standard InChI is InChI=1S/C24H28N6O2/c1-28-22-18(27-23(28)20-11-15-6-3-4-8-19(15)30(20)14-25)10-16(12-21(22)32-2)24(31)29-9-5-7-17(26)13-29/h3-4,6,8,10-12,17H,5,7,9,13-14,25-26H2,1-2H3/t17-/m1/s1. The van der Waals surface area contributed by atoms with Crippen LogP contribution in [0.1, 0.15) is 23.2 Å². The van der Waals surface area contributed by atoms with Crippen LogP contribution >= 0.6 is 0 Å². The Labute approximate surface area is 186 Å². The molecule has 8 heteroatoms.